The summed E-state index contributed by atoms with van der Waals surface area (Å²) in [7, 11) is -4.28. The highest BCUT2D eigenvalue weighted by Crippen LogP contribution is 2.23. The Morgan fingerprint density at radius 3 is 2.69 bits per heavy atom. The first kappa shape index (κ1) is 16.3. The van der Waals surface area contributed by atoms with Crippen molar-refractivity contribution in [1.29, 1.82) is 0 Å². The van der Waals surface area contributed by atoms with E-state index in [4.69, 9.17) is 6.85 Å². The van der Waals surface area contributed by atoms with Gasteiger partial charge in [0.2, 0.25) is 0 Å². The molecule has 0 unspecified atom stereocenters. The zero-order chi connectivity index (χ0) is 27.1. The average Bonchev–Trinajstić information content (AvgIpc) is 3.46. The number of aromatic amines is 1. The molecule has 2 heterocycles. The van der Waals surface area contributed by atoms with Crippen LogP contribution in [-0.4, -0.2) is 30.5 Å². The number of fused-ring (bicyclic) bond motifs is 1. The van der Waals surface area contributed by atoms with Crippen molar-refractivity contribution in [2.75, 3.05) is 0 Å². The number of H-pyrrole nitrogens is 1. The lowest BCUT2D eigenvalue weighted by Crippen LogP contribution is -2.41. The first-order valence-corrected chi connectivity index (χ1v) is 11.7. The van der Waals surface area contributed by atoms with E-state index in [1.54, 1.807) is 0 Å². The van der Waals surface area contributed by atoms with Crippen LogP contribution >= 0.6 is 11.3 Å². The number of aryl methyl sites for hydroxylation is 1. The monoisotopic (exact) mass is 469 g/mol. The van der Waals surface area contributed by atoms with Gasteiger partial charge in [0.1, 0.15) is 10.3 Å². The fourth-order valence-electron chi connectivity index (χ4n) is 2.92. The average molecular weight is 470 g/mol. The molecule has 0 amide bonds. The second-order valence-electron chi connectivity index (χ2n) is 6.93. The number of para-hydroxylation sites is 1. The van der Waals surface area contributed by atoms with Gasteiger partial charge in [-0.05, 0) is 42.8 Å². The van der Waals surface area contributed by atoms with E-state index < -0.39 is 52.6 Å². The maximum Gasteiger partial charge on any atom is 0.322 e. The number of aliphatic carboxylic acids is 1. The number of aromatic nitrogens is 1. The van der Waals surface area contributed by atoms with Crippen molar-refractivity contribution in [3.05, 3.63) is 88.3 Å². The van der Waals surface area contributed by atoms with Gasteiger partial charge in [0.25, 0.3) is 10.0 Å². The fraction of sp³-hybridized carbons (Fsp3) is 0.125. The molecule has 0 aliphatic rings. The number of rotatable bonds is 6. The van der Waals surface area contributed by atoms with Crippen LogP contribution in [0.15, 0.2) is 70.9 Å². The lowest BCUT2D eigenvalue weighted by Gasteiger charge is -2.13. The maximum atomic E-state index is 13.0. The third kappa shape index (κ3) is 4.92. The number of carboxylic acid groups (broad SMARTS) is 1. The SMILES string of the molecule is [2H]c1[nH]c2c([2H])c([2H])c([2H])c([2H])c2c1C[C@H](NS(=O)(=O)c1ccc(C#Cc2ccc(C)cc2)s1)C(=O)O. The minimum atomic E-state index is -4.28. The van der Waals surface area contributed by atoms with E-state index in [9.17, 15) is 18.3 Å². The van der Waals surface area contributed by atoms with Gasteiger partial charge in [-0.1, -0.05) is 47.7 Å². The van der Waals surface area contributed by atoms with E-state index >= 15 is 0 Å². The Kier molecular flexibility index (Phi) is 4.58. The molecule has 0 fully saturated rings. The largest absolute Gasteiger partial charge is 0.480 e. The topological polar surface area (TPSA) is 99.3 Å². The van der Waals surface area contributed by atoms with Gasteiger partial charge in [-0.2, -0.15) is 4.72 Å². The zero-order valence-electron chi connectivity index (χ0n) is 21.7. The van der Waals surface area contributed by atoms with E-state index in [2.05, 4.69) is 21.5 Å². The van der Waals surface area contributed by atoms with Crippen molar-refractivity contribution in [3.8, 4) is 11.8 Å². The molecule has 0 saturated carbocycles. The van der Waals surface area contributed by atoms with Crippen molar-refractivity contribution in [2.24, 2.45) is 0 Å². The Morgan fingerprint density at radius 2 is 1.94 bits per heavy atom. The van der Waals surface area contributed by atoms with Crippen LogP contribution in [0.2, 0.25) is 0 Å². The molecule has 3 N–H and O–H groups in total. The van der Waals surface area contributed by atoms with Gasteiger partial charge in [-0.25, -0.2) is 8.42 Å². The number of hydrogen-bond donors (Lipinski definition) is 3. The first-order chi connectivity index (χ1) is 17.4. The van der Waals surface area contributed by atoms with Gasteiger partial charge in [-0.3, -0.25) is 4.79 Å². The summed E-state index contributed by atoms with van der Waals surface area (Å²) in [4.78, 5) is 15.0. The summed E-state index contributed by atoms with van der Waals surface area (Å²) in [5.74, 6) is 4.34. The molecule has 6 nitrogen and oxygen atoms in total. The molecule has 0 bridgehead atoms. The Bertz CT molecular complexity index is 1700. The maximum absolute atomic E-state index is 13.0. The lowest BCUT2D eigenvalue weighted by molar-refractivity contribution is -0.138. The standard InChI is InChI=1S/C24H20N2O4S2/c1-16-6-8-17(9-7-16)10-11-19-12-13-23(31-19)32(29,30)26-22(24(27)28)14-18-15-25-21-5-3-2-4-20(18)21/h2-9,12-13,15,22,25-26H,14H2,1H3,(H,27,28)/t22-/m0/s1/i2D,3D,4D,5D,15D. The molecule has 0 aliphatic heterocycles. The van der Waals surface area contributed by atoms with Crippen LogP contribution in [0.3, 0.4) is 0 Å². The predicted octanol–water partition coefficient (Wildman–Crippen LogP) is 3.91. The van der Waals surface area contributed by atoms with Crippen LogP contribution < -0.4 is 4.72 Å². The molecule has 4 aromatic rings. The molecule has 2 aromatic carbocycles. The van der Waals surface area contributed by atoms with Crippen molar-refractivity contribution in [3.63, 3.8) is 0 Å². The minimum absolute atomic E-state index is 0.0343. The summed E-state index contributed by atoms with van der Waals surface area (Å²) < 4.78 is 68.0. The summed E-state index contributed by atoms with van der Waals surface area (Å²) >= 11 is 0.877. The zero-order valence-corrected chi connectivity index (χ0v) is 18.4. The number of carbonyl (C=O) groups is 1. The third-order valence-corrected chi connectivity index (χ3v) is 7.52. The number of nitrogens with one attached hydrogen (secondary N) is 2. The molecule has 2 aromatic heterocycles. The molecule has 0 spiro atoms. The van der Waals surface area contributed by atoms with Gasteiger partial charge in [-0.15, -0.1) is 11.3 Å². The van der Waals surface area contributed by atoms with Gasteiger partial charge in [0.05, 0.1) is 11.7 Å². The normalized spacial score (nSPS) is 14.5. The third-order valence-electron chi connectivity index (χ3n) is 4.56. The highest BCUT2D eigenvalue weighted by Gasteiger charge is 2.27. The van der Waals surface area contributed by atoms with E-state index in [1.165, 1.54) is 12.1 Å². The molecule has 0 saturated heterocycles. The predicted molar refractivity (Wildman–Crippen MR) is 125 cm³/mol. The van der Waals surface area contributed by atoms with E-state index in [-0.39, 0.29) is 26.8 Å². The Hall–Kier alpha value is -3.38. The van der Waals surface area contributed by atoms with E-state index in [0.717, 1.165) is 22.5 Å². The van der Waals surface area contributed by atoms with Crippen molar-refractivity contribution < 1.29 is 25.2 Å². The Morgan fingerprint density at radius 1 is 1.19 bits per heavy atom. The number of thiophene rings is 1. The van der Waals surface area contributed by atoms with Crippen LogP contribution in [0.4, 0.5) is 0 Å². The molecule has 162 valence electrons. The summed E-state index contributed by atoms with van der Waals surface area (Å²) in [6.45, 7) is 1.95. The van der Waals surface area contributed by atoms with E-state index in [0.29, 0.717) is 4.88 Å². The number of sulfonamides is 1. The quantitative estimate of drug-likeness (QED) is 0.373. The van der Waals surface area contributed by atoms with Crippen LogP contribution in [0.25, 0.3) is 10.9 Å². The smallest absolute Gasteiger partial charge is 0.322 e. The van der Waals surface area contributed by atoms with Crippen LogP contribution in [0.5, 0.6) is 0 Å². The molecule has 4 rings (SSSR count). The number of carboxylic acids is 1. The first-order valence-electron chi connectivity index (χ1n) is 11.9. The molecule has 8 heteroatoms. The number of hydrogen-bond acceptors (Lipinski definition) is 4. The Balaban J connectivity index is 1.62. The van der Waals surface area contributed by atoms with Crippen molar-refractivity contribution in [2.45, 2.75) is 23.6 Å². The van der Waals surface area contributed by atoms with Crippen molar-refractivity contribution >= 4 is 38.2 Å². The summed E-state index contributed by atoms with van der Waals surface area (Å²) in [6, 6.07) is 6.77. The van der Waals surface area contributed by atoms with Crippen LogP contribution in [0, 0.1) is 18.8 Å². The second kappa shape index (κ2) is 9.01. The van der Waals surface area contributed by atoms with Crippen LogP contribution in [0.1, 0.15) is 28.4 Å². The highest BCUT2D eigenvalue weighted by atomic mass is 32.2. The number of benzene rings is 2. The fourth-order valence-corrected chi connectivity index (χ4v) is 5.28. The van der Waals surface area contributed by atoms with E-state index in [1.807, 2.05) is 31.2 Å². The Labute approximate surface area is 197 Å². The molecule has 0 radical (unpaired) electrons. The van der Waals surface area contributed by atoms with Crippen molar-refractivity contribution in [1.82, 2.24) is 9.71 Å². The second-order valence-corrected chi connectivity index (χ2v) is 9.95. The van der Waals surface area contributed by atoms with Gasteiger partial charge in [0.15, 0.2) is 0 Å². The summed E-state index contributed by atoms with van der Waals surface area (Å²) in [6.07, 6.45) is -0.835. The highest BCUT2D eigenvalue weighted by molar-refractivity contribution is 7.91. The van der Waals surface area contributed by atoms with Gasteiger partial charge < -0.3 is 10.1 Å². The summed E-state index contributed by atoms with van der Waals surface area (Å²) in [5, 5.41) is 9.68. The molecule has 1 atom stereocenters. The molecule has 0 aliphatic carbocycles. The van der Waals surface area contributed by atoms with Crippen LogP contribution in [-0.2, 0) is 21.2 Å². The lowest BCUT2D eigenvalue weighted by atomic mass is 10.1. The molecule has 32 heavy (non-hydrogen) atoms. The molecular formula is C24H20N2O4S2. The van der Waals surface area contributed by atoms with Gasteiger partial charge in [0, 0.05) is 29.1 Å². The van der Waals surface area contributed by atoms with Gasteiger partial charge >= 0.3 is 5.97 Å². The minimum Gasteiger partial charge on any atom is -0.480 e. The molecular weight excluding hydrogens is 444 g/mol. The summed E-state index contributed by atoms with van der Waals surface area (Å²) in [5.41, 5.74) is 1.76.